The van der Waals surface area contributed by atoms with Crippen LogP contribution in [-0.4, -0.2) is 28.3 Å². The molecule has 20 heavy (non-hydrogen) atoms. The van der Waals surface area contributed by atoms with Crippen LogP contribution in [-0.2, 0) is 16.1 Å². The minimum absolute atomic E-state index is 0.0210. The van der Waals surface area contributed by atoms with Gasteiger partial charge in [-0.25, -0.2) is 0 Å². The molecule has 1 saturated heterocycles. The standard InChI is InChI=1S/C15H22N2O2S/c1-4-7-12-13(18)16-15(3,5-2)14(19)17(12)10-11-8-6-9-20-11/h6,8-9,12H,4-5,7,10H2,1-3H3,(H,16,18). The largest absolute Gasteiger partial charge is 0.340 e. The third-order valence-corrected chi connectivity index (χ3v) is 4.85. The summed E-state index contributed by atoms with van der Waals surface area (Å²) in [6.45, 7) is 6.32. The number of hydrogen-bond donors (Lipinski definition) is 1. The van der Waals surface area contributed by atoms with Gasteiger partial charge in [0.1, 0.15) is 11.6 Å². The lowest BCUT2D eigenvalue weighted by Crippen LogP contribution is -2.68. The fraction of sp³-hybridized carbons (Fsp3) is 0.600. The van der Waals surface area contributed by atoms with E-state index in [0.29, 0.717) is 19.4 Å². The first-order chi connectivity index (χ1) is 9.51. The zero-order valence-corrected chi connectivity index (χ0v) is 13.1. The Balaban J connectivity index is 2.28. The summed E-state index contributed by atoms with van der Waals surface area (Å²) in [4.78, 5) is 28.0. The maximum absolute atomic E-state index is 12.8. The van der Waals surface area contributed by atoms with Gasteiger partial charge in [-0.2, -0.15) is 0 Å². The van der Waals surface area contributed by atoms with Gasteiger partial charge in [-0.3, -0.25) is 9.59 Å². The monoisotopic (exact) mass is 294 g/mol. The number of thiophene rings is 1. The Morgan fingerprint density at radius 3 is 2.70 bits per heavy atom. The second-order valence-corrected chi connectivity index (χ2v) is 6.52. The van der Waals surface area contributed by atoms with E-state index in [1.165, 1.54) is 0 Å². The van der Waals surface area contributed by atoms with Crippen molar-refractivity contribution in [3.05, 3.63) is 22.4 Å². The van der Waals surface area contributed by atoms with Crippen LogP contribution in [0.5, 0.6) is 0 Å². The average Bonchev–Trinajstić information content (AvgIpc) is 2.93. The van der Waals surface area contributed by atoms with Crippen molar-refractivity contribution in [2.45, 2.75) is 58.2 Å². The van der Waals surface area contributed by atoms with E-state index in [-0.39, 0.29) is 17.9 Å². The van der Waals surface area contributed by atoms with Gasteiger partial charge in [0.25, 0.3) is 0 Å². The summed E-state index contributed by atoms with van der Waals surface area (Å²) in [5, 5.41) is 4.91. The van der Waals surface area contributed by atoms with Gasteiger partial charge in [-0.15, -0.1) is 11.3 Å². The first-order valence-electron chi connectivity index (χ1n) is 7.17. The molecule has 5 heteroatoms. The predicted molar refractivity (Wildman–Crippen MR) is 80.4 cm³/mol. The van der Waals surface area contributed by atoms with Crippen LogP contribution < -0.4 is 5.32 Å². The zero-order valence-electron chi connectivity index (χ0n) is 12.3. The molecule has 0 saturated carbocycles. The van der Waals surface area contributed by atoms with E-state index < -0.39 is 5.54 Å². The van der Waals surface area contributed by atoms with Crippen molar-refractivity contribution < 1.29 is 9.59 Å². The molecule has 2 unspecified atom stereocenters. The summed E-state index contributed by atoms with van der Waals surface area (Å²) in [5.74, 6) is 0.0128. The molecule has 2 heterocycles. The molecule has 1 aromatic heterocycles. The molecule has 1 aliphatic heterocycles. The highest BCUT2D eigenvalue weighted by atomic mass is 32.1. The minimum atomic E-state index is -0.765. The molecular formula is C15H22N2O2S. The quantitative estimate of drug-likeness (QED) is 0.907. The Kier molecular flexibility index (Phi) is 4.48. The third-order valence-electron chi connectivity index (χ3n) is 3.99. The molecule has 0 aliphatic carbocycles. The molecule has 110 valence electrons. The van der Waals surface area contributed by atoms with Crippen LogP contribution in [0, 0.1) is 0 Å². The van der Waals surface area contributed by atoms with Gasteiger partial charge < -0.3 is 10.2 Å². The molecule has 4 nitrogen and oxygen atoms in total. The smallest absolute Gasteiger partial charge is 0.249 e. The van der Waals surface area contributed by atoms with E-state index in [0.717, 1.165) is 11.3 Å². The van der Waals surface area contributed by atoms with Crippen molar-refractivity contribution in [1.29, 1.82) is 0 Å². The van der Waals surface area contributed by atoms with Crippen LogP contribution in [0.15, 0.2) is 17.5 Å². The normalized spacial score (nSPS) is 26.8. The van der Waals surface area contributed by atoms with Gasteiger partial charge >= 0.3 is 0 Å². The van der Waals surface area contributed by atoms with E-state index in [4.69, 9.17) is 0 Å². The number of hydrogen-bond acceptors (Lipinski definition) is 3. The molecule has 2 rings (SSSR count). The van der Waals surface area contributed by atoms with Crippen LogP contribution in [0.3, 0.4) is 0 Å². The summed E-state index contributed by atoms with van der Waals surface area (Å²) in [6.07, 6.45) is 2.20. The van der Waals surface area contributed by atoms with Crippen LogP contribution in [0.2, 0.25) is 0 Å². The SMILES string of the molecule is CCCC1C(=O)NC(C)(CC)C(=O)N1Cc1cccs1. The molecule has 1 fully saturated rings. The summed E-state index contributed by atoms with van der Waals surface area (Å²) in [7, 11) is 0. The Hall–Kier alpha value is -1.36. The van der Waals surface area contributed by atoms with E-state index in [1.807, 2.05) is 38.3 Å². The predicted octanol–water partition coefficient (Wildman–Crippen LogP) is 2.54. The fourth-order valence-corrected chi connectivity index (χ4v) is 3.26. The molecule has 0 bridgehead atoms. The lowest BCUT2D eigenvalue weighted by atomic mass is 9.90. The first-order valence-corrected chi connectivity index (χ1v) is 8.05. The number of carbonyl (C=O) groups excluding carboxylic acids is 2. The highest BCUT2D eigenvalue weighted by Gasteiger charge is 2.46. The van der Waals surface area contributed by atoms with Crippen molar-refractivity contribution in [1.82, 2.24) is 10.2 Å². The number of rotatable bonds is 5. The maximum atomic E-state index is 12.8. The Morgan fingerprint density at radius 1 is 1.40 bits per heavy atom. The van der Waals surface area contributed by atoms with Crippen LogP contribution >= 0.6 is 11.3 Å². The first kappa shape index (κ1) is 15.0. The molecule has 1 aromatic rings. The van der Waals surface area contributed by atoms with Gasteiger partial charge in [0.05, 0.1) is 6.54 Å². The zero-order chi connectivity index (χ0) is 14.8. The highest BCUT2D eigenvalue weighted by Crippen LogP contribution is 2.26. The Labute approximate surface area is 124 Å². The average molecular weight is 294 g/mol. The van der Waals surface area contributed by atoms with Crippen LogP contribution in [0.1, 0.15) is 44.9 Å². The lowest BCUT2D eigenvalue weighted by molar-refractivity contribution is -0.155. The van der Waals surface area contributed by atoms with E-state index in [1.54, 1.807) is 16.2 Å². The number of nitrogens with one attached hydrogen (secondary N) is 1. The van der Waals surface area contributed by atoms with E-state index in [9.17, 15) is 9.59 Å². The van der Waals surface area contributed by atoms with Gasteiger partial charge in [-0.1, -0.05) is 26.3 Å². The molecule has 2 amide bonds. The molecule has 1 N–H and O–H groups in total. The molecule has 0 spiro atoms. The van der Waals surface area contributed by atoms with Crippen molar-refractivity contribution in [2.75, 3.05) is 0 Å². The van der Waals surface area contributed by atoms with Gasteiger partial charge in [0.2, 0.25) is 11.8 Å². The van der Waals surface area contributed by atoms with Gasteiger partial charge in [-0.05, 0) is 31.2 Å². The molecular weight excluding hydrogens is 272 g/mol. The van der Waals surface area contributed by atoms with Crippen molar-refractivity contribution in [3.63, 3.8) is 0 Å². The Morgan fingerprint density at radius 2 is 2.15 bits per heavy atom. The molecule has 0 radical (unpaired) electrons. The molecule has 2 atom stereocenters. The maximum Gasteiger partial charge on any atom is 0.249 e. The third kappa shape index (κ3) is 2.73. The van der Waals surface area contributed by atoms with Crippen LogP contribution in [0.25, 0.3) is 0 Å². The summed E-state index contributed by atoms with van der Waals surface area (Å²) < 4.78 is 0. The second kappa shape index (κ2) is 5.95. The minimum Gasteiger partial charge on any atom is -0.340 e. The summed E-state index contributed by atoms with van der Waals surface area (Å²) in [5.41, 5.74) is -0.765. The highest BCUT2D eigenvalue weighted by molar-refractivity contribution is 7.09. The van der Waals surface area contributed by atoms with E-state index >= 15 is 0 Å². The van der Waals surface area contributed by atoms with Crippen molar-refractivity contribution in [3.8, 4) is 0 Å². The van der Waals surface area contributed by atoms with Gasteiger partial charge in [0.15, 0.2) is 0 Å². The van der Waals surface area contributed by atoms with Crippen molar-refractivity contribution >= 4 is 23.2 Å². The number of piperazine rings is 1. The summed E-state index contributed by atoms with van der Waals surface area (Å²) in [6, 6.07) is 3.65. The molecule has 1 aliphatic rings. The second-order valence-electron chi connectivity index (χ2n) is 5.49. The molecule has 0 aromatic carbocycles. The number of amides is 2. The summed E-state index contributed by atoms with van der Waals surface area (Å²) >= 11 is 1.62. The number of carbonyl (C=O) groups is 2. The van der Waals surface area contributed by atoms with Crippen molar-refractivity contribution in [2.24, 2.45) is 0 Å². The number of nitrogens with zero attached hydrogens (tertiary/aromatic N) is 1. The Bertz CT molecular complexity index is 486. The van der Waals surface area contributed by atoms with Gasteiger partial charge in [0, 0.05) is 4.88 Å². The van der Waals surface area contributed by atoms with Crippen LogP contribution in [0.4, 0.5) is 0 Å². The lowest BCUT2D eigenvalue weighted by Gasteiger charge is -2.44. The topological polar surface area (TPSA) is 49.4 Å². The fourth-order valence-electron chi connectivity index (χ4n) is 2.56. The van der Waals surface area contributed by atoms with E-state index in [2.05, 4.69) is 5.32 Å².